The number of hydrogen-bond acceptors (Lipinski definition) is 4. The van der Waals surface area contributed by atoms with Crippen LogP contribution in [0.1, 0.15) is 17.3 Å². The van der Waals surface area contributed by atoms with Gasteiger partial charge in [-0.25, -0.2) is 0 Å². The van der Waals surface area contributed by atoms with Crippen molar-refractivity contribution in [3.63, 3.8) is 0 Å². The second kappa shape index (κ2) is 8.92. The minimum atomic E-state index is -0.0788. The molecule has 0 bridgehead atoms. The molecule has 27 heavy (non-hydrogen) atoms. The highest BCUT2D eigenvalue weighted by Crippen LogP contribution is 2.21. The van der Waals surface area contributed by atoms with Gasteiger partial charge in [-0.3, -0.25) is 4.79 Å². The van der Waals surface area contributed by atoms with Gasteiger partial charge in [0.05, 0.1) is 11.4 Å². The molecule has 0 heterocycles. The van der Waals surface area contributed by atoms with Crippen molar-refractivity contribution in [3.05, 3.63) is 101 Å². The standard InChI is InChI=1S/C22H18ClN3O/c1-16(15-22(27)17-7-9-18(23)10-8-17)24-19-11-13-21(14-12-19)26-25-20-5-3-2-4-6-20/h2-15,24H,1H3/b16-15+,26-25?. The highest BCUT2D eigenvalue weighted by atomic mass is 35.5. The lowest BCUT2D eigenvalue weighted by molar-refractivity contribution is 0.104. The van der Waals surface area contributed by atoms with E-state index >= 15 is 0 Å². The van der Waals surface area contributed by atoms with Gasteiger partial charge in [-0.2, -0.15) is 10.2 Å². The third kappa shape index (κ3) is 5.62. The van der Waals surface area contributed by atoms with E-state index in [-0.39, 0.29) is 5.78 Å². The predicted octanol–water partition coefficient (Wildman–Crippen LogP) is 6.95. The molecule has 0 saturated heterocycles. The molecule has 3 rings (SSSR count). The molecule has 3 aromatic rings. The maximum absolute atomic E-state index is 12.2. The molecule has 0 aromatic heterocycles. The van der Waals surface area contributed by atoms with Crippen molar-refractivity contribution in [1.82, 2.24) is 0 Å². The monoisotopic (exact) mass is 375 g/mol. The number of nitrogens with one attached hydrogen (secondary N) is 1. The van der Waals surface area contributed by atoms with Crippen molar-refractivity contribution in [3.8, 4) is 0 Å². The molecule has 0 amide bonds. The van der Waals surface area contributed by atoms with Crippen LogP contribution < -0.4 is 5.32 Å². The molecule has 134 valence electrons. The Kier molecular flexibility index (Phi) is 6.13. The Bertz CT molecular complexity index is 963. The summed E-state index contributed by atoms with van der Waals surface area (Å²) in [5.74, 6) is -0.0788. The van der Waals surface area contributed by atoms with Gasteiger partial charge in [0.1, 0.15) is 0 Å². The third-order valence-corrected chi connectivity index (χ3v) is 3.97. The summed E-state index contributed by atoms with van der Waals surface area (Å²) in [4.78, 5) is 12.2. The van der Waals surface area contributed by atoms with Gasteiger partial charge in [0.2, 0.25) is 0 Å². The first-order valence-electron chi connectivity index (χ1n) is 8.42. The van der Waals surface area contributed by atoms with E-state index in [4.69, 9.17) is 11.6 Å². The number of nitrogens with zero attached hydrogens (tertiary/aromatic N) is 2. The molecule has 4 nitrogen and oxygen atoms in total. The maximum atomic E-state index is 12.2. The maximum Gasteiger partial charge on any atom is 0.187 e. The van der Waals surface area contributed by atoms with Gasteiger partial charge in [-0.15, -0.1) is 0 Å². The van der Waals surface area contributed by atoms with Crippen molar-refractivity contribution in [2.45, 2.75) is 6.92 Å². The molecular weight excluding hydrogens is 358 g/mol. The largest absolute Gasteiger partial charge is 0.359 e. The lowest BCUT2D eigenvalue weighted by atomic mass is 10.1. The van der Waals surface area contributed by atoms with Crippen LogP contribution in [0.2, 0.25) is 5.02 Å². The minimum Gasteiger partial charge on any atom is -0.359 e. The number of hydrogen-bond donors (Lipinski definition) is 1. The fourth-order valence-corrected chi connectivity index (χ4v) is 2.51. The van der Waals surface area contributed by atoms with Crippen molar-refractivity contribution < 1.29 is 4.79 Å². The second-order valence-corrected chi connectivity index (χ2v) is 6.34. The fraction of sp³-hybridized carbons (Fsp3) is 0.0455. The van der Waals surface area contributed by atoms with Gasteiger partial charge in [-0.05, 0) is 67.6 Å². The summed E-state index contributed by atoms with van der Waals surface area (Å²) < 4.78 is 0. The molecule has 0 aliphatic heterocycles. The Balaban J connectivity index is 1.62. The number of anilines is 1. The van der Waals surface area contributed by atoms with Crippen molar-refractivity contribution in [2.75, 3.05) is 5.32 Å². The summed E-state index contributed by atoms with van der Waals surface area (Å²) in [6, 6.07) is 23.9. The van der Waals surface area contributed by atoms with Gasteiger partial charge in [0.15, 0.2) is 5.78 Å². The second-order valence-electron chi connectivity index (χ2n) is 5.91. The topological polar surface area (TPSA) is 53.8 Å². The van der Waals surface area contributed by atoms with Crippen LogP contribution >= 0.6 is 11.6 Å². The van der Waals surface area contributed by atoms with E-state index in [2.05, 4.69) is 15.5 Å². The van der Waals surface area contributed by atoms with Gasteiger partial charge < -0.3 is 5.32 Å². The van der Waals surface area contributed by atoms with Crippen LogP contribution in [0.5, 0.6) is 0 Å². The Morgan fingerprint density at radius 3 is 2.07 bits per heavy atom. The molecule has 3 aromatic carbocycles. The van der Waals surface area contributed by atoms with Crippen molar-refractivity contribution in [1.29, 1.82) is 0 Å². The van der Waals surface area contributed by atoms with Crippen LogP contribution in [-0.2, 0) is 0 Å². The summed E-state index contributed by atoms with van der Waals surface area (Å²) in [5, 5.41) is 12.2. The fourth-order valence-electron chi connectivity index (χ4n) is 2.38. The first-order valence-corrected chi connectivity index (χ1v) is 8.80. The van der Waals surface area contributed by atoms with E-state index in [1.165, 1.54) is 0 Å². The number of benzene rings is 3. The first kappa shape index (κ1) is 18.5. The molecule has 0 atom stereocenters. The van der Waals surface area contributed by atoms with Crippen LogP contribution in [0, 0.1) is 0 Å². The van der Waals surface area contributed by atoms with E-state index < -0.39 is 0 Å². The predicted molar refractivity (Wildman–Crippen MR) is 110 cm³/mol. The molecule has 0 radical (unpaired) electrons. The number of rotatable bonds is 6. The zero-order valence-electron chi connectivity index (χ0n) is 14.8. The van der Waals surface area contributed by atoms with Crippen LogP contribution in [0.3, 0.4) is 0 Å². The van der Waals surface area contributed by atoms with Crippen LogP contribution in [0.25, 0.3) is 0 Å². The van der Waals surface area contributed by atoms with Gasteiger partial charge >= 0.3 is 0 Å². The molecular formula is C22H18ClN3O. The molecule has 0 aliphatic rings. The Morgan fingerprint density at radius 2 is 1.44 bits per heavy atom. The van der Waals surface area contributed by atoms with Crippen LogP contribution in [-0.4, -0.2) is 5.78 Å². The van der Waals surface area contributed by atoms with Crippen molar-refractivity contribution in [2.24, 2.45) is 10.2 Å². The molecule has 0 aliphatic carbocycles. The average Bonchev–Trinajstić information content (AvgIpc) is 2.68. The van der Waals surface area contributed by atoms with E-state index in [1.54, 1.807) is 30.3 Å². The summed E-state index contributed by atoms with van der Waals surface area (Å²) in [5.41, 5.74) is 3.76. The molecule has 0 spiro atoms. The number of halogens is 1. The zero-order chi connectivity index (χ0) is 19.1. The summed E-state index contributed by atoms with van der Waals surface area (Å²) in [6.07, 6.45) is 1.56. The normalized spacial score (nSPS) is 11.6. The van der Waals surface area contributed by atoms with Crippen LogP contribution in [0.4, 0.5) is 17.1 Å². The van der Waals surface area contributed by atoms with E-state index in [0.29, 0.717) is 10.6 Å². The minimum absolute atomic E-state index is 0.0788. The highest BCUT2D eigenvalue weighted by Gasteiger charge is 2.03. The van der Waals surface area contributed by atoms with E-state index in [9.17, 15) is 4.79 Å². The Hall–Kier alpha value is -3.24. The number of allylic oxidation sites excluding steroid dienone is 2. The van der Waals surface area contributed by atoms with Gasteiger partial charge in [0.25, 0.3) is 0 Å². The van der Waals surface area contributed by atoms with Gasteiger partial charge in [-0.1, -0.05) is 29.8 Å². The number of azo groups is 1. The third-order valence-electron chi connectivity index (χ3n) is 3.72. The smallest absolute Gasteiger partial charge is 0.187 e. The molecule has 0 saturated carbocycles. The van der Waals surface area contributed by atoms with Gasteiger partial charge in [0, 0.05) is 28.0 Å². The summed E-state index contributed by atoms with van der Waals surface area (Å²) >= 11 is 5.85. The molecule has 1 N–H and O–H groups in total. The molecule has 5 heteroatoms. The van der Waals surface area contributed by atoms with E-state index in [0.717, 1.165) is 22.8 Å². The van der Waals surface area contributed by atoms with E-state index in [1.807, 2.05) is 61.5 Å². The SMILES string of the molecule is C/C(=C\C(=O)c1ccc(Cl)cc1)Nc1ccc(N=Nc2ccccc2)cc1. The quantitative estimate of drug-likeness (QED) is 0.288. The molecule has 0 fully saturated rings. The summed E-state index contributed by atoms with van der Waals surface area (Å²) in [6.45, 7) is 1.84. The highest BCUT2D eigenvalue weighted by molar-refractivity contribution is 6.30. The Morgan fingerprint density at radius 1 is 0.852 bits per heavy atom. The average molecular weight is 376 g/mol. The lowest BCUT2D eigenvalue weighted by Crippen LogP contribution is -2.01. The number of ketones is 1. The lowest BCUT2D eigenvalue weighted by Gasteiger charge is -2.06. The zero-order valence-corrected chi connectivity index (χ0v) is 15.5. The van der Waals surface area contributed by atoms with Crippen LogP contribution in [0.15, 0.2) is 101 Å². The van der Waals surface area contributed by atoms with Crippen molar-refractivity contribution >= 4 is 34.4 Å². The number of carbonyl (C=O) groups is 1. The summed E-state index contributed by atoms with van der Waals surface area (Å²) in [7, 11) is 0. The number of carbonyl (C=O) groups excluding carboxylic acids is 1. The Labute approximate surface area is 163 Å². The first-order chi connectivity index (χ1) is 13.1. The molecule has 0 unspecified atom stereocenters.